The molecule has 0 aliphatic heterocycles. The first kappa shape index (κ1) is 37.7. The smallest absolute Gasteiger partial charge is 0.726 e. The molecule has 0 aliphatic rings. The second-order valence-electron chi connectivity index (χ2n) is 10.2. The van der Waals surface area contributed by atoms with Crippen molar-refractivity contribution in [3.05, 3.63) is 0 Å². The van der Waals surface area contributed by atoms with Crippen LogP contribution in [-0.2, 0) is 14.6 Å². The molecule has 1 unspecified atom stereocenters. The monoisotopic (exact) mass is 528 g/mol. The third-order valence-corrected chi connectivity index (χ3v) is 7.30. The molecule has 0 heterocycles. The third-order valence-electron chi connectivity index (χ3n) is 6.88. The van der Waals surface area contributed by atoms with E-state index in [1.54, 1.807) is 0 Å². The van der Waals surface area contributed by atoms with Crippen LogP contribution in [0.15, 0.2) is 0 Å². The van der Waals surface area contributed by atoms with Gasteiger partial charge in [-0.2, -0.15) is 0 Å². The predicted octanol–water partition coefficient (Wildman–Crippen LogP) is 6.49. The second kappa shape index (κ2) is 29.1. The van der Waals surface area contributed by atoms with Crippen molar-refractivity contribution in [3.8, 4) is 0 Å². The molecule has 0 amide bonds. The van der Waals surface area contributed by atoms with Gasteiger partial charge in [-0.05, 0) is 18.8 Å². The molecule has 0 aromatic carbocycles. The standard InChI is InChI=1S/C28H58O4S.K/c1-3-5-7-9-10-11-12-13-14-15-16-17-18-19-20-21-22-24-26-28(25-23-8-6-4-2)27-32-33(29,30)31;/h28H,3-27H2,1-2H3,(H,29,30,31);/q;+1/p-1. The Morgan fingerprint density at radius 3 is 1.09 bits per heavy atom. The van der Waals surface area contributed by atoms with E-state index in [4.69, 9.17) is 0 Å². The van der Waals surface area contributed by atoms with E-state index in [0.717, 1.165) is 25.7 Å². The minimum absolute atomic E-state index is 0. The van der Waals surface area contributed by atoms with Crippen molar-refractivity contribution >= 4 is 10.4 Å². The molecule has 0 radical (unpaired) electrons. The number of hydrogen-bond acceptors (Lipinski definition) is 4. The molecule has 6 heteroatoms. The molecule has 0 saturated heterocycles. The maximum atomic E-state index is 10.8. The SMILES string of the molecule is CCCCCCCCCCCCCCCCCCCCC(CCCCCC)COS(=O)(=O)[O-].[K+]. The molecule has 0 spiro atoms. The summed E-state index contributed by atoms with van der Waals surface area (Å²) < 4.78 is 36.9. The van der Waals surface area contributed by atoms with Gasteiger partial charge in [0.2, 0.25) is 10.4 Å². The zero-order valence-electron chi connectivity index (χ0n) is 23.3. The Hall–Kier alpha value is 1.51. The topological polar surface area (TPSA) is 66.4 Å². The van der Waals surface area contributed by atoms with Crippen molar-refractivity contribution in [1.82, 2.24) is 0 Å². The first-order chi connectivity index (χ1) is 16.0. The molecule has 0 aromatic heterocycles. The maximum Gasteiger partial charge on any atom is 1.00 e. The number of rotatable bonds is 27. The Labute approximate surface area is 256 Å². The van der Waals surface area contributed by atoms with Gasteiger partial charge >= 0.3 is 51.4 Å². The van der Waals surface area contributed by atoms with E-state index >= 15 is 0 Å². The van der Waals surface area contributed by atoms with Crippen molar-refractivity contribution in [2.45, 2.75) is 168 Å². The zero-order valence-corrected chi connectivity index (χ0v) is 27.2. The van der Waals surface area contributed by atoms with Gasteiger partial charge in [0.15, 0.2) is 0 Å². The molecule has 0 aliphatic carbocycles. The van der Waals surface area contributed by atoms with Crippen LogP contribution in [0.3, 0.4) is 0 Å². The second-order valence-corrected chi connectivity index (χ2v) is 11.3. The van der Waals surface area contributed by atoms with Crippen molar-refractivity contribution in [3.63, 3.8) is 0 Å². The minimum atomic E-state index is -4.57. The number of unbranched alkanes of at least 4 members (excludes halogenated alkanes) is 20. The molecule has 0 N–H and O–H groups in total. The summed E-state index contributed by atoms with van der Waals surface area (Å²) in [4.78, 5) is 0. The van der Waals surface area contributed by atoms with Gasteiger partial charge in [-0.25, -0.2) is 8.42 Å². The van der Waals surface area contributed by atoms with Gasteiger partial charge in [-0.3, -0.25) is 4.18 Å². The predicted molar refractivity (Wildman–Crippen MR) is 141 cm³/mol. The molecule has 4 nitrogen and oxygen atoms in total. The molecular weight excluding hydrogens is 471 g/mol. The first-order valence-corrected chi connectivity index (χ1v) is 15.9. The largest absolute Gasteiger partial charge is 1.00 e. The summed E-state index contributed by atoms with van der Waals surface area (Å²) in [6, 6.07) is 0. The quantitative estimate of drug-likeness (QED) is 0.0529. The molecular formula is C28H57KO4S. The van der Waals surface area contributed by atoms with Gasteiger partial charge in [-0.15, -0.1) is 0 Å². The molecule has 0 fully saturated rings. The van der Waals surface area contributed by atoms with E-state index in [1.807, 2.05) is 0 Å². The summed E-state index contributed by atoms with van der Waals surface area (Å²) in [6.07, 6.45) is 31.2. The third kappa shape index (κ3) is 31.5. The van der Waals surface area contributed by atoms with Gasteiger partial charge in [0.05, 0.1) is 6.61 Å². The average molecular weight is 529 g/mol. The summed E-state index contributed by atoms with van der Waals surface area (Å²) in [5.74, 6) is 0.201. The average Bonchev–Trinajstić information content (AvgIpc) is 2.78. The van der Waals surface area contributed by atoms with Crippen molar-refractivity contribution in [2.75, 3.05) is 6.61 Å². The van der Waals surface area contributed by atoms with Crippen LogP contribution >= 0.6 is 0 Å². The molecule has 34 heavy (non-hydrogen) atoms. The van der Waals surface area contributed by atoms with Crippen LogP contribution < -0.4 is 51.4 Å². The van der Waals surface area contributed by atoms with Crippen LogP contribution in [0.2, 0.25) is 0 Å². The van der Waals surface area contributed by atoms with Crippen LogP contribution in [0.1, 0.15) is 168 Å². The van der Waals surface area contributed by atoms with Crippen LogP contribution in [0.4, 0.5) is 0 Å². The van der Waals surface area contributed by atoms with Crippen molar-refractivity contribution in [2.24, 2.45) is 5.92 Å². The molecule has 0 bridgehead atoms. The van der Waals surface area contributed by atoms with Gasteiger partial charge in [0.1, 0.15) is 0 Å². The molecule has 0 rings (SSSR count). The molecule has 200 valence electrons. The van der Waals surface area contributed by atoms with Gasteiger partial charge in [-0.1, -0.05) is 155 Å². The minimum Gasteiger partial charge on any atom is -0.726 e. The summed E-state index contributed by atoms with van der Waals surface area (Å²) in [5, 5.41) is 0. The molecule has 0 aromatic rings. The van der Waals surface area contributed by atoms with Crippen LogP contribution in [-0.4, -0.2) is 19.6 Å². The summed E-state index contributed by atoms with van der Waals surface area (Å²) in [5.41, 5.74) is 0. The normalized spacial score (nSPS) is 12.6. The van der Waals surface area contributed by atoms with Crippen LogP contribution in [0, 0.1) is 5.92 Å². The maximum absolute atomic E-state index is 10.8. The van der Waals surface area contributed by atoms with E-state index in [0.29, 0.717) is 0 Å². The van der Waals surface area contributed by atoms with Crippen molar-refractivity contribution in [1.29, 1.82) is 0 Å². The van der Waals surface area contributed by atoms with Gasteiger partial charge in [0.25, 0.3) is 0 Å². The molecule has 1 atom stereocenters. The van der Waals surface area contributed by atoms with E-state index in [1.165, 1.54) is 128 Å². The van der Waals surface area contributed by atoms with E-state index in [-0.39, 0.29) is 63.9 Å². The Balaban J connectivity index is 0. The fourth-order valence-corrected chi connectivity index (χ4v) is 5.04. The van der Waals surface area contributed by atoms with Gasteiger partial charge in [0, 0.05) is 0 Å². The van der Waals surface area contributed by atoms with E-state index in [9.17, 15) is 13.0 Å². The fraction of sp³-hybridized carbons (Fsp3) is 1.00. The van der Waals surface area contributed by atoms with Crippen LogP contribution in [0.25, 0.3) is 0 Å². The Kier molecular flexibility index (Phi) is 32.2. The Bertz CT molecular complexity index is 485. The number of hydrogen-bond donors (Lipinski definition) is 0. The Morgan fingerprint density at radius 2 is 0.794 bits per heavy atom. The fourth-order valence-electron chi connectivity index (χ4n) is 4.69. The summed E-state index contributed by atoms with van der Waals surface area (Å²) >= 11 is 0. The molecule has 0 saturated carbocycles. The van der Waals surface area contributed by atoms with Crippen molar-refractivity contribution < 1.29 is 68.5 Å². The summed E-state index contributed by atoms with van der Waals surface area (Å²) in [6.45, 7) is 4.53. The van der Waals surface area contributed by atoms with Crippen LogP contribution in [0.5, 0.6) is 0 Å². The Morgan fingerprint density at radius 1 is 0.529 bits per heavy atom. The summed E-state index contributed by atoms with van der Waals surface area (Å²) in [7, 11) is -4.57. The first-order valence-electron chi connectivity index (χ1n) is 14.6. The zero-order chi connectivity index (χ0) is 24.5. The van der Waals surface area contributed by atoms with E-state index in [2.05, 4.69) is 18.0 Å². The van der Waals surface area contributed by atoms with E-state index < -0.39 is 10.4 Å². The van der Waals surface area contributed by atoms with Gasteiger partial charge < -0.3 is 4.55 Å².